The summed E-state index contributed by atoms with van der Waals surface area (Å²) in [5.41, 5.74) is -0.121. The van der Waals surface area contributed by atoms with Crippen molar-refractivity contribution in [2.24, 2.45) is 11.3 Å². The van der Waals surface area contributed by atoms with E-state index in [-0.39, 0.29) is 30.2 Å². The predicted octanol–water partition coefficient (Wildman–Crippen LogP) is 1.90. The summed E-state index contributed by atoms with van der Waals surface area (Å²) in [6.45, 7) is 8.00. The van der Waals surface area contributed by atoms with Gasteiger partial charge in [-0.1, -0.05) is 24.9 Å². The number of halogens is 2. The molecule has 1 N–H and O–H groups in total. The minimum Gasteiger partial charge on any atom is -0.340 e. The van der Waals surface area contributed by atoms with E-state index in [4.69, 9.17) is 4.52 Å². The Morgan fingerprint density at radius 1 is 1.26 bits per heavy atom. The number of hydrogen-bond acceptors (Lipinski definition) is 6. The number of aryl methyl sites for hydroxylation is 1. The molecule has 1 aromatic rings. The molecule has 1 aromatic heterocycles. The van der Waals surface area contributed by atoms with Gasteiger partial charge in [0.2, 0.25) is 11.8 Å². The van der Waals surface area contributed by atoms with Crippen molar-refractivity contribution >= 4 is 30.7 Å². The summed E-state index contributed by atoms with van der Waals surface area (Å²) in [7, 11) is 0. The fourth-order valence-electron chi connectivity index (χ4n) is 4.79. The van der Waals surface area contributed by atoms with E-state index in [2.05, 4.69) is 25.3 Å². The van der Waals surface area contributed by atoms with Crippen molar-refractivity contribution < 1.29 is 9.32 Å². The highest BCUT2D eigenvalue weighted by Crippen LogP contribution is 2.45. The van der Waals surface area contributed by atoms with E-state index < -0.39 is 0 Å². The minimum absolute atomic E-state index is 0. The molecule has 1 aliphatic carbocycles. The van der Waals surface area contributed by atoms with Crippen molar-refractivity contribution in [3.05, 3.63) is 11.7 Å². The molecule has 0 spiro atoms. The zero-order valence-corrected chi connectivity index (χ0v) is 17.6. The second-order valence-corrected chi connectivity index (χ2v) is 7.76. The van der Waals surface area contributed by atoms with Gasteiger partial charge in [0.25, 0.3) is 0 Å². The SMILES string of the molecule is CCc1nc(CN2CCN(C(=O)[C@@]34CCCC[C@H]3CNC4)CC2)no1.Cl.Cl. The molecule has 1 amide bonds. The number of nitrogens with one attached hydrogen (secondary N) is 1. The summed E-state index contributed by atoms with van der Waals surface area (Å²) < 4.78 is 5.18. The second kappa shape index (κ2) is 9.54. The molecule has 3 fully saturated rings. The monoisotopic (exact) mass is 419 g/mol. The molecule has 4 rings (SSSR count). The van der Waals surface area contributed by atoms with Crippen LogP contribution in [0.4, 0.5) is 0 Å². The number of carbonyl (C=O) groups is 1. The van der Waals surface area contributed by atoms with Crippen LogP contribution in [0.3, 0.4) is 0 Å². The van der Waals surface area contributed by atoms with E-state index in [0.29, 0.717) is 24.3 Å². The quantitative estimate of drug-likeness (QED) is 0.802. The highest BCUT2D eigenvalue weighted by atomic mass is 35.5. The molecule has 9 heteroatoms. The maximum Gasteiger partial charge on any atom is 0.230 e. The summed E-state index contributed by atoms with van der Waals surface area (Å²) in [6.07, 6.45) is 5.51. The van der Waals surface area contributed by atoms with Crippen LogP contribution in [0.5, 0.6) is 0 Å². The molecule has 0 aromatic carbocycles. The topological polar surface area (TPSA) is 74.5 Å². The van der Waals surface area contributed by atoms with E-state index >= 15 is 0 Å². The lowest BCUT2D eigenvalue weighted by atomic mass is 9.67. The zero-order valence-electron chi connectivity index (χ0n) is 16.0. The zero-order chi connectivity index (χ0) is 17.3. The Morgan fingerprint density at radius 2 is 2.04 bits per heavy atom. The van der Waals surface area contributed by atoms with Gasteiger partial charge in [-0.25, -0.2) is 0 Å². The lowest BCUT2D eigenvalue weighted by Crippen LogP contribution is -2.55. The number of fused-ring (bicyclic) bond motifs is 1. The van der Waals surface area contributed by atoms with E-state index in [1.165, 1.54) is 19.3 Å². The third-order valence-corrected chi connectivity index (χ3v) is 6.30. The van der Waals surface area contributed by atoms with Crippen LogP contribution in [0.2, 0.25) is 0 Å². The Balaban J connectivity index is 0.00000131. The largest absolute Gasteiger partial charge is 0.340 e. The summed E-state index contributed by atoms with van der Waals surface area (Å²) in [4.78, 5) is 22.1. The summed E-state index contributed by atoms with van der Waals surface area (Å²) in [5.74, 6) is 2.39. The van der Waals surface area contributed by atoms with Crippen LogP contribution < -0.4 is 5.32 Å². The first-order chi connectivity index (χ1) is 12.2. The van der Waals surface area contributed by atoms with Gasteiger partial charge in [-0.2, -0.15) is 4.98 Å². The summed E-state index contributed by atoms with van der Waals surface area (Å²) >= 11 is 0. The van der Waals surface area contributed by atoms with Gasteiger partial charge in [-0.3, -0.25) is 9.69 Å². The van der Waals surface area contributed by atoms with Gasteiger partial charge in [0.1, 0.15) is 0 Å². The molecule has 27 heavy (non-hydrogen) atoms. The van der Waals surface area contributed by atoms with Gasteiger partial charge in [0.15, 0.2) is 5.82 Å². The van der Waals surface area contributed by atoms with Crippen LogP contribution in [0.25, 0.3) is 0 Å². The van der Waals surface area contributed by atoms with E-state index in [0.717, 1.165) is 57.9 Å². The van der Waals surface area contributed by atoms with Crippen molar-refractivity contribution in [2.75, 3.05) is 39.3 Å². The van der Waals surface area contributed by atoms with E-state index in [1.807, 2.05) is 6.92 Å². The third kappa shape index (κ3) is 4.42. The molecular weight excluding hydrogens is 389 g/mol. The number of amides is 1. The Labute approximate surface area is 173 Å². The van der Waals surface area contributed by atoms with Gasteiger partial charge in [-0.05, 0) is 25.3 Å². The minimum atomic E-state index is -0.121. The van der Waals surface area contributed by atoms with Gasteiger partial charge < -0.3 is 14.7 Å². The average Bonchev–Trinajstić information content (AvgIpc) is 3.29. The van der Waals surface area contributed by atoms with Gasteiger partial charge in [-0.15, -0.1) is 24.8 Å². The number of nitrogens with zero attached hydrogens (tertiary/aromatic N) is 4. The molecular formula is C18H31Cl2N5O2. The number of rotatable bonds is 4. The van der Waals surface area contributed by atoms with E-state index in [9.17, 15) is 4.79 Å². The summed E-state index contributed by atoms with van der Waals surface area (Å²) in [6, 6.07) is 0. The third-order valence-electron chi connectivity index (χ3n) is 6.30. The Morgan fingerprint density at radius 3 is 2.74 bits per heavy atom. The molecule has 2 atom stereocenters. The molecule has 154 valence electrons. The van der Waals surface area contributed by atoms with Crippen molar-refractivity contribution in [1.82, 2.24) is 25.3 Å². The molecule has 0 radical (unpaired) electrons. The predicted molar refractivity (Wildman–Crippen MR) is 107 cm³/mol. The van der Waals surface area contributed by atoms with Crippen molar-refractivity contribution in [2.45, 2.75) is 45.6 Å². The standard InChI is InChI=1S/C18H29N5O2.2ClH/c1-2-16-20-15(21-25-16)12-22-7-9-23(10-8-22)17(24)18-6-4-3-5-14(18)11-19-13-18;;/h14,19H,2-13H2,1H3;2*1H/t14-,18+;;/m0../s1. The molecule has 2 aliphatic heterocycles. The number of aromatic nitrogens is 2. The lowest BCUT2D eigenvalue weighted by Gasteiger charge is -2.43. The van der Waals surface area contributed by atoms with Crippen molar-refractivity contribution in [3.63, 3.8) is 0 Å². The first kappa shape index (κ1) is 22.4. The smallest absolute Gasteiger partial charge is 0.230 e. The van der Waals surface area contributed by atoms with Crippen LogP contribution >= 0.6 is 24.8 Å². The molecule has 3 heterocycles. The molecule has 2 saturated heterocycles. The highest BCUT2D eigenvalue weighted by molar-refractivity contribution is 5.85. The van der Waals surface area contributed by atoms with Crippen LogP contribution in [0.15, 0.2) is 4.52 Å². The Bertz CT molecular complexity index is 621. The first-order valence-corrected chi connectivity index (χ1v) is 9.75. The van der Waals surface area contributed by atoms with Crippen LogP contribution in [-0.4, -0.2) is 65.1 Å². The van der Waals surface area contributed by atoms with Gasteiger partial charge >= 0.3 is 0 Å². The Kier molecular flexibility index (Phi) is 7.92. The van der Waals surface area contributed by atoms with Crippen LogP contribution in [0.1, 0.15) is 44.3 Å². The van der Waals surface area contributed by atoms with Crippen LogP contribution in [-0.2, 0) is 17.8 Å². The van der Waals surface area contributed by atoms with Gasteiger partial charge in [0.05, 0.1) is 12.0 Å². The van der Waals surface area contributed by atoms with Crippen molar-refractivity contribution in [3.8, 4) is 0 Å². The first-order valence-electron chi connectivity index (χ1n) is 9.75. The average molecular weight is 420 g/mol. The highest BCUT2D eigenvalue weighted by Gasteiger charge is 2.51. The summed E-state index contributed by atoms with van der Waals surface area (Å²) in [5, 5.41) is 7.52. The van der Waals surface area contributed by atoms with Crippen molar-refractivity contribution in [1.29, 1.82) is 0 Å². The van der Waals surface area contributed by atoms with E-state index in [1.54, 1.807) is 0 Å². The molecule has 3 aliphatic rings. The number of hydrogen-bond donors (Lipinski definition) is 1. The number of piperazine rings is 1. The normalized spacial score (nSPS) is 28.2. The lowest BCUT2D eigenvalue weighted by molar-refractivity contribution is -0.147. The molecule has 0 bridgehead atoms. The molecule has 0 unspecified atom stereocenters. The van der Waals surface area contributed by atoms with Gasteiger partial charge in [0, 0.05) is 39.1 Å². The maximum absolute atomic E-state index is 13.3. The number of carbonyl (C=O) groups excluding carboxylic acids is 1. The fraction of sp³-hybridized carbons (Fsp3) is 0.833. The molecule has 7 nitrogen and oxygen atoms in total. The maximum atomic E-state index is 13.3. The fourth-order valence-corrected chi connectivity index (χ4v) is 4.79. The second-order valence-electron chi connectivity index (χ2n) is 7.76. The van der Waals surface area contributed by atoms with Crippen LogP contribution in [0, 0.1) is 11.3 Å². The molecule has 1 saturated carbocycles. The Hall–Kier alpha value is -0.890.